The Morgan fingerprint density at radius 2 is 1.67 bits per heavy atom. The minimum Gasteiger partial charge on any atom is -0.314 e. The molecular formula is C15H21Cl2F5N2. The molecule has 0 aromatic heterocycles. The maximum atomic E-state index is 14.2. The molecule has 1 fully saturated rings. The van der Waals surface area contributed by atoms with Crippen molar-refractivity contribution in [1.29, 1.82) is 0 Å². The van der Waals surface area contributed by atoms with Crippen LogP contribution in [0.1, 0.15) is 30.0 Å². The number of alkyl halides is 3. The Hall–Kier alpha value is -0.630. The van der Waals surface area contributed by atoms with Gasteiger partial charge in [0.2, 0.25) is 0 Å². The number of aryl methyl sites for hydroxylation is 1. The highest BCUT2D eigenvalue weighted by Gasteiger charge is 2.32. The van der Waals surface area contributed by atoms with Crippen molar-refractivity contribution in [3.8, 4) is 0 Å². The molecule has 0 radical (unpaired) electrons. The van der Waals surface area contributed by atoms with Gasteiger partial charge in [-0.25, -0.2) is 8.78 Å². The van der Waals surface area contributed by atoms with Crippen LogP contribution < -0.4 is 5.32 Å². The van der Waals surface area contributed by atoms with E-state index in [2.05, 4.69) is 5.32 Å². The lowest BCUT2D eigenvalue weighted by Crippen LogP contribution is -2.45. The highest BCUT2D eigenvalue weighted by atomic mass is 35.5. The molecular weight excluding hydrogens is 374 g/mol. The van der Waals surface area contributed by atoms with Crippen LogP contribution in [-0.2, 0) is 0 Å². The first-order valence-electron chi connectivity index (χ1n) is 7.25. The number of piperazine rings is 1. The van der Waals surface area contributed by atoms with E-state index in [1.54, 1.807) is 4.90 Å². The number of benzene rings is 1. The third-order valence-corrected chi connectivity index (χ3v) is 3.96. The average Bonchev–Trinajstić information content (AvgIpc) is 2.47. The topological polar surface area (TPSA) is 15.3 Å². The largest absolute Gasteiger partial charge is 0.389 e. The first-order valence-corrected chi connectivity index (χ1v) is 7.25. The monoisotopic (exact) mass is 394 g/mol. The summed E-state index contributed by atoms with van der Waals surface area (Å²) in [4.78, 5) is 1.79. The van der Waals surface area contributed by atoms with E-state index in [1.165, 1.54) is 19.1 Å². The van der Waals surface area contributed by atoms with E-state index in [0.717, 1.165) is 0 Å². The first-order chi connectivity index (χ1) is 10.3. The van der Waals surface area contributed by atoms with E-state index >= 15 is 0 Å². The van der Waals surface area contributed by atoms with Crippen LogP contribution in [0.25, 0.3) is 0 Å². The van der Waals surface area contributed by atoms with Crippen LogP contribution in [0.15, 0.2) is 12.1 Å². The fraction of sp³-hybridized carbons (Fsp3) is 0.600. The normalized spacial score (nSPS) is 16.9. The van der Waals surface area contributed by atoms with Gasteiger partial charge in [0, 0.05) is 44.2 Å². The third-order valence-electron chi connectivity index (χ3n) is 3.96. The van der Waals surface area contributed by atoms with Gasteiger partial charge in [0.15, 0.2) is 11.6 Å². The van der Waals surface area contributed by atoms with E-state index in [1.807, 2.05) is 0 Å². The van der Waals surface area contributed by atoms with Crippen molar-refractivity contribution >= 4 is 24.8 Å². The van der Waals surface area contributed by atoms with Crippen LogP contribution in [0, 0.1) is 18.6 Å². The van der Waals surface area contributed by atoms with Crippen LogP contribution in [0.4, 0.5) is 22.0 Å². The van der Waals surface area contributed by atoms with Gasteiger partial charge in [-0.2, -0.15) is 13.2 Å². The van der Waals surface area contributed by atoms with Crippen LogP contribution in [0.3, 0.4) is 0 Å². The van der Waals surface area contributed by atoms with Gasteiger partial charge in [-0.15, -0.1) is 24.8 Å². The molecule has 1 N–H and O–H groups in total. The Kier molecular flexibility index (Phi) is 9.49. The lowest BCUT2D eigenvalue weighted by atomic mass is 9.97. The fourth-order valence-corrected chi connectivity index (χ4v) is 2.75. The van der Waals surface area contributed by atoms with Crippen molar-refractivity contribution in [2.45, 2.75) is 32.0 Å². The molecule has 140 valence electrons. The summed E-state index contributed by atoms with van der Waals surface area (Å²) in [7, 11) is 0. The second kappa shape index (κ2) is 9.75. The van der Waals surface area contributed by atoms with E-state index in [-0.39, 0.29) is 42.4 Å². The molecule has 0 saturated carbocycles. The molecule has 1 aromatic rings. The highest BCUT2D eigenvalue weighted by molar-refractivity contribution is 5.85. The lowest BCUT2D eigenvalue weighted by Gasteiger charge is -2.35. The van der Waals surface area contributed by atoms with Gasteiger partial charge in [-0.1, -0.05) is 12.1 Å². The standard InChI is InChI=1S/C15H19F5N2.2ClH/c1-10-2-3-11(14(17)13(10)16)12(4-5-15(18,19)20)22-8-6-21-7-9-22;;/h2-3,12,21H,4-9H2,1H3;2*1H/t12-;;/m1../s1. The van der Waals surface area contributed by atoms with Gasteiger partial charge in [0.25, 0.3) is 0 Å². The number of nitrogens with zero attached hydrogens (tertiary/aromatic N) is 1. The van der Waals surface area contributed by atoms with Gasteiger partial charge < -0.3 is 5.32 Å². The zero-order valence-electron chi connectivity index (χ0n) is 13.1. The summed E-state index contributed by atoms with van der Waals surface area (Å²) >= 11 is 0. The van der Waals surface area contributed by atoms with Crippen LogP contribution in [0.5, 0.6) is 0 Å². The van der Waals surface area contributed by atoms with Gasteiger partial charge >= 0.3 is 6.18 Å². The summed E-state index contributed by atoms with van der Waals surface area (Å²) in [6.45, 7) is 3.70. The molecule has 1 saturated heterocycles. The number of rotatable bonds is 4. The first kappa shape index (κ1) is 23.4. The Bertz CT molecular complexity index is 519. The SMILES string of the molecule is Cc1ccc([C@@H](CCC(F)(F)F)N2CCNCC2)c(F)c1F.Cl.Cl. The molecule has 1 aromatic carbocycles. The predicted molar refractivity (Wildman–Crippen MR) is 88.1 cm³/mol. The molecule has 1 heterocycles. The van der Waals surface area contributed by atoms with Crippen molar-refractivity contribution in [3.63, 3.8) is 0 Å². The van der Waals surface area contributed by atoms with Gasteiger partial charge in [-0.3, -0.25) is 4.90 Å². The maximum absolute atomic E-state index is 14.2. The molecule has 24 heavy (non-hydrogen) atoms. The van der Waals surface area contributed by atoms with Gasteiger partial charge in [0.1, 0.15) is 0 Å². The Labute approximate surface area is 150 Å². The summed E-state index contributed by atoms with van der Waals surface area (Å²) < 4.78 is 65.6. The minimum atomic E-state index is -4.31. The van der Waals surface area contributed by atoms with Crippen LogP contribution in [0.2, 0.25) is 0 Å². The van der Waals surface area contributed by atoms with E-state index < -0.39 is 30.3 Å². The van der Waals surface area contributed by atoms with Gasteiger partial charge in [0.05, 0.1) is 0 Å². The number of hydrogen-bond donors (Lipinski definition) is 1. The maximum Gasteiger partial charge on any atom is 0.389 e. The molecule has 2 nitrogen and oxygen atoms in total. The number of hydrogen-bond acceptors (Lipinski definition) is 2. The van der Waals surface area contributed by atoms with Crippen molar-refractivity contribution in [2.24, 2.45) is 0 Å². The summed E-state index contributed by atoms with van der Waals surface area (Å²) in [6, 6.07) is 2.05. The zero-order valence-corrected chi connectivity index (χ0v) is 14.8. The second-order valence-corrected chi connectivity index (χ2v) is 5.56. The van der Waals surface area contributed by atoms with E-state index in [9.17, 15) is 22.0 Å². The summed E-state index contributed by atoms with van der Waals surface area (Å²) in [5, 5.41) is 3.10. The summed E-state index contributed by atoms with van der Waals surface area (Å²) in [5.41, 5.74) is 0.158. The van der Waals surface area contributed by atoms with Gasteiger partial charge in [-0.05, 0) is 18.9 Å². The van der Waals surface area contributed by atoms with Crippen molar-refractivity contribution in [3.05, 3.63) is 34.9 Å². The Morgan fingerprint density at radius 1 is 1.08 bits per heavy atom. The second-order valence-electron chi connectivity index (χ2n) is 5.56. The molecule has 0 amide bonds. The van der Waals surface area contributed by atoms with Crippen LogP contribution >= 0.6 is 24.8 Å². The quantitative estimate of drug-likeness (QED) is 0.761. The molecule has 0 unspecified atom stereocenters. The molecule has 2 rings (SSSR count). The minimum absolute atomic E-state index is 0. The van der Waals surface area contributed by atoms with Crippen LogP contribution in [-0.4, -0.2) is 37.3 Å². The lowest BCUT2D eigenvalue weighted by molar-refractivity contribution is -0.138. The van der Waals surface area contributed by atoms with Crippen molar-refractivity contribution in [1.82, 2.24) is 10.2 Å². The number of halogens is 7. The molecule has 1 atom stereocenters. The van der Waals surface area contributed by atoms with Crippen molar-refractivity contribution in [2.75, 3.05) is 26.2 Å². The zero-order chi connectivity index (χ0) is 16.3. The molecule has 9 heteroatoms. The number of nitrogens with one attached hydrogen (secondary N) is 1. The molecule has 0 aliphatic carbocycles. The summed E-state index contributed by atoms with van der Waals surface area (Å²) in [5.74, 6) is -2.02. The smallest absolute Gasteiger partial charge is 0.314 e. The predicted octanol–water partition coefficient (Wildman–Crippen LogP) is 4.41. The van der Waals surface area contributed by atoms with E-state index in [0.29, 0.717) is 26.2 Å². The molecule has 0 bridgehead atoms. The molecule has 1 aliphatic rings. The van der Waals surface area contributed by atoms with E-state index in [4.69, 9.17) is 0 Å². The Balaban J connectivity index is 0.00000264. The molecule has 1 aliphatic heterocycles. The highest BCUT2D eigenvalue weighted by Crippen LogP contribution is 2.34. The van der Waals surface area contributed by atoms with Crippen molar-refractivity contribution < 1.29 is 22.0 Å². The fourth-order valence-electron chi connectivity index (χ4n) is 2.75. The average molecular weight is 395 g/mol. The summed E-state index contributed by atoms with van der Waals surface area (Å²) in [6.07, 6.45) is -5.61. The Morgan fingerprint density at radius 3 is 2.21 bits per heavy atom. The molecule has 0 spiro atoms. The third kappa shape index (κ3) is 6.02.